The minimum absolute atomic E-state index is 0.551. The fraction of sp³-hybridized carbons (Fsp3) is 0.833. The molecule has 2 N–H and O–H groups in total. The van der Waals surface area contributed by atoms with Gasteiger partial charge in [-0.25, -0.2) is 0 Å². The van der Waals surface area contributed by atoms with Crippen LogP contribution < -0.4 is 5.32 Å². The number of carbonyl (C=O) groups is 1. The summed E-state index contributed by atoms with van der Waals surface area (Å²) in [6.45, 7) is 1.10. The lowest BCUT2D eigenvalue weighted by Gasteiger charge is -2.43. The van der Waals surface area contributed by atoms with E-state index in [0.29, 0.717) is 13.1 Å². The summed E-state index contributed by atoms with van der Waals surface area (Å²) in [5.74, 6) is -0.740. The van der Waals surface area contributed by atoms with Gasteiger partial charge in [-0.3, -0.25) is 9.69 Å². The van der Waals surface area contributed by atoms with Crippen LogP contribution in [0.1, 0.15) is 0 Å². The highest BCUT2D eigenvalue weighted by atomic mass is 16.4. The van der Waals surface area contributed by atoms with Crippen molar-refractivity contribution in [1.29, 1.82) is 0 Å². The fourth-order valence-electron chi connectivity index (χ4n) is 1.02. The van der Waals surface area contributed by atoms with E-state index >= 15 is 0 Å². The van der Waals surface area contributed by atoms with Crippen molar-refractivity contribution in [2.24, 2.45) is 0 Å². The van der Waals surface area contributed by atoms with E-state index in [1.165, 1.54) is 0 Å². The molecule has 1 aliphatic heterocycles. The van der Waals surface area contributed by atoms with Gasteiger partial charge < -0.3 is 10.4 Å². The number of hydrogen-bond donors (Lipinski definition) is 2. The van der Waals surface area contributed by atoms with Crippen molar-refractivity contribution in [2.75, 3.05) is 27.2 Å². The number of nitrogens with zero attached hydrogens (tertiary/aromatic N) is 1. The van der Waals surface area contributed by atoms with Crippen LogP contribution in [0.4, 0.5) is 0 Å². The molecule has 1 heterocycles. The van der Waals surface area contributed by atoms with Gasteiger partial charge in [0.1, 0.15) is 5.54 Å². The van der Waals surface area contributed by atoms with Crippen molar-refractivity contribution < 1.29 is 9.90 Å². The van der Waals surface area contributed by atoms with Crippen molar-refractivity contribution in [3.8, 4) is 0 Å². The molecule has 0 atom stereocenters. The third kappa shape index (κ3) is 0.803. The average molecular weight is 144 g/mol. The Bertz CT molecular complexity index is 152. The zero-order valence-corrected chi connectivity index (χ0v) is 6.22. The Kier molecular flexibility index (Phi) is 1.66. The third-order valence-electron chi connectivity index (χ3n) is 2.09. The maximum absolute atomic E-state index is 10.7. The van der Waals surface area contributed by atoms with Crippen molar-refractivity contribution in [2.45, 2.75) is 5.54 Å². The molecule has 1 saturated heterocycles. The molecule has 0 unspecified atom stereocenters. The molecule has 0 bridgehead atoms. The predicted molar refractivity (Wildman–Crippen MR) is 36.9 cm³/mol. The first-order valence-electron chi connectivity index (χ1n) is 3.21. The van der Waals surface area contributed by atoms with Crippen LogP contribution >= 0.6 is 0 Å². The minimum Gasteiger partial charge on any atom is -0.480 e. The Morgan fingerprint density at radius 1 is 1.60 bits per heavy atom. The van der Waals surface area contributed by atoms with E-state index in [1.807, 2.05) is 0 Å². The van der Waals surface area contributed by atoms with Gasteiger partial charge in [-0.2, -0.15) is 0 Å². The zero-order valence-electron chi connectivity index (χ0n) is 6.22. The van der Waals surface area contributed by atoms with Crippen LogP contribution in [0.25, 0.3) is 0 Å². The molecule has 4 heteroatoms. The number of carboxylic acids is 1. The molecule has 0 saturated carbocycles. The smallest absolute Gasteiger partial charge is 0.326 e. The first-order chi connectivity index (χ1) is 4.59. The van der Waals surface area contributed by atoms with E-state index < -0.39 is 11.5 Å². The maximum Gasteiger partial charge on any atom is 0.326 e. The zero-order chi connectivity index (χ0) is 7.78. The lowest BCUT2D eigenvalue weighted by molar-refractivity contribution is -0.153. The quantitative estimate of drug-likeness (QED) is 0.520. The number of aliphatic carboxylic acids is 1. The van der Waals surface area contributed by atoms with E-state index in [9.17, 15) is 4.79 Å². The average Bonchev–Trinajstić information content (AvgIpc) is 1.57. The first-order valence-corrected chi connectivity index (χ1v) is 3.21. The molecule has 0 radical (unpaired) electrons. The molecule has 10 heavy (non-hydrogen) atoms. The van der Waals surface area contributed by atoms with Crippen molar-refractivity contribution in [3.63, 3.8) is 0 Å². The van der Waals surface area contributed by atoms with Crippen LogP contribution in [0.5, 0.6) is 0 Å². The summed E-state index contributed by atoms with van der Waals surface area (Å²) in [7, 11) is 3.57. The molecule has 1 fully saturated rings. The van der Waals surface area contributed by atoms with Crippen molar-refractivity contribution >= 4 is 5.97 Å². The highest BCUT2D eigenvalue weighted by Crippen LogP contribution is 2.16. The summed E-state index contributed by atoms with van der Waals surface area (Å²) >= 11 is 0. The van der Waals surface area contributed by atoms with Crippen LogP contribution in [-0.2, 0) is 4.79 Å². The van der Waals surface area contributed by atoms with Crippen LogP contribution in [0.2, 0.25) is 0 Å². The van der Waals surface area contributed by atoms with Crippen LogP contribution in [0, 0.1) is 0 Å². The van der Waals surface area contributed by atoms with Gasteiger partial charge in [0.15, 0.2) is 0 Å². The summed E-state index contributed by atoms with van der Waals surface area (Å²) in [6, 6.07) is 0. The summed E-state index contributed by atoms with van der Waals surface area (Å²) in [5.41, 5.74) is -0.639. The molecule has 58 valence electrons. The predicted octanol–water partition coefficient (Wildman–Crippen LogP) is -1.03. The van der Waals surface area contributed by atoms with Gasteiger partial charge in [-0.15, -0.1) is 0 Å². The molecule has 0 aromatic carbocycles. The highest BCUT2D eigenvalue weighted by molar-refractivity contribution is 5.80. The Morgan fingerprint density at radius 3 is 2.10 bits per heavy atom. The third-order valence-corrected chi connectivity index (χ3v) is 2.09. The van der Waals surface area contributed by atoms with E-state index in [1.54, 1.807) is 19.0 Å². The SMILES string of the molecule is CN(C)C1(C(=O)O)CNC1. The highest BCUT2D eigenvalue weighted by Gasteiger charge is 2.46. The molecule has 4 nitrogen and oxygen atoms in total. The first kappa shape index (κ1) is 7.50. The van der Waals surface area contributed by atoms with Gasteiger partial charge in [0.05, 0.1) is 0 Å². The number of carboxylic acid groups (broad SMARTS) is 1. The fourth-order valence-corrected chi connectivity index (χ4v) is 1.02. The molecule has 0 aliphatic carbocycles. The molecule has 0 aromatic heterocycles. The van der Waals surface area contributed by atoms with Crippen molar-refractivity contribution in [1.82, 2.24) is 10.2 Å². The molecule has 0 amide bonds. The Morgan fingerprint density at radius 2 is 2.10 bits per heavy atom. The molecular formula is C6H12N2O2. The number of hydrogen-bond acceptors (Lipinski definition) is 3. The van der Waals surface area contributed by atoms with Crippen molar-refractivity contribution in [3.05, 3.63) is 0 Å². The van der Waals surface area contributed by atoms with Crippen LogP contribution in [0.15, 0.2) is 0 Å². The second-order valence-corrected chi connectivity index (χ2v) is 2.83. The van der Waals surface area contributed by atoms with Gasteiger partial charge in [0.25, 0.3) is 0 Å². The molecule has 0 spiro atoms. The van der Waals surface area contributed by atoms with Crippen LogP contribution in [0.3, 0.4) is 0 Å². The Labute approximate surface area is 59.8 Å². The molecule has 0 aromatic rings. The largest absolute Gasteiger partial charge is 0.480 e. The molecular weight excluding hydrogens is 132 g/mol. The van der Waals surface area contributed by atoms with E-state index in [2.05, 4.69) is 5.32 Å². The molecule has 1 aliphatic rings. The normalized spacial score (nSPS) is 22.3. The van der Waals surface area contributed by atoms with Gasteiger partial charge >= 0.3 is 5.97 Å². The standard InChI is InChI=1S/C6H12N2O2/c1-8(2)6(5(9)10)3-7-4-6/h7H,3-4H2,1-2H3,(H,9,10). The lowest BCUT2D eigenvalue weighted by atomic mass is 9.91. The Hall–Kier alpha value is -0.610. The second-order valence-electron chi connectivity index (χ2n) is 2.83. The van der Waals surface area contributed by atoms with Gasteiger partial charge in [0, 0.05) is 13.1 Å². The lowest BCUT2D eigenvalue weighted by Crippen LogP contribution is -2.71. The summed E-state index contributed by atoms with van der Waals surface area (Å²) in [5, 5.41) is 11.7. The minimum atomic E-state index is -0.740. The van der Waals surface area contributed by atoms with Crippen LogP contribution in [-0.4, -0.2) is 48.7 Å². The number of rotatable bonds is 2. The van der Waals surface area contributed by atoms with Gasteiger partial charge in [-0.05, 0) is 14.1 Å². The summed E-state index contributed by atoms with van der Waals surface area (Å²) in [4.78, 5) is 12.4. The number of likely N-dealkylation sites (N-methyl/N-ethyl adjacent to an activating group) is 1. The monoisotopic (exact) mass is 144 g/mol. The molecule has 1 rings (SSSR count). The van der Waals surface area contributed by atoms with Gasteiger partial charge in [-0.1, -0.05) is 0 Å². The summed E-state index contributed by atoms with van der Waals surface area (Å²) < 4.78 is 0. The maximum atomic E-state index is 10.7. The number of nitrogens with one attached hydrogen (secondary N) is 1. The van der Waals surface area contributed by atoms with E-state index in [4.69, 9.17) is 5.11 Å². The second kappa shape index (κ2) is 2.21. The summed E-state index contributed by atoms with van der Waals surface area (Å²) in [6.07, 6.45) is 0. The van der Waals surface area contributed by atoms with Gasteiger partial charge in [0.2, 0.25) is 0 Å². The topological polar surface area (TPSA) is 52.6 Å². The van der Waals surface area contributed by atoms with E-state index in [-0.39, 0.29) is 0 Å². The Balaban J connectivity index is 2.68. The van der Waals surface area contributed by atoms with E-state index in [0.717, 1.165) is 0 Å².